The van der Waals surface area contributed by atoms with Gasteiger partial charge in [-0.2, -0.15) is 5.10 Å². The summed E-state index contributed by atoms with van der Waals surface area (Å²) in [4.78, 5) is 36.7. The van der Waals surface area contributed by atoms with Crippen molar-refractivity contribution in [3.8, 4) is 5.75 Å². The highest BCUT2D eigenvalue weighted by molar-refractivity contribution is 9.10. The minimum Gasteiger partial charge on any atom is -0.423 e. The molecule has 0 saturated heterocycles. The van der Waals surface area contributed by atoms with Gasteiger partial charge in [-0.05, 0) is 70.9 Å². The number of nitrogens with one attached hydrogen (secondary N) is 2. The van der Waals surface area contributed by atoms with Gasteiger partial charge in [0.1, 0.15) is 5.75 Å². The lowest BCUT2D eigenvalue weighted by atomic mass is 10.0. The van der Waals surface area contributed by atoms with Gasteiger partial charge in [-0.25, -0.2) is 10.2 Å². The molecule has 4 rings (SSSR count). The van der Waals surface area contributed by atoms with Crippen LogP contribution < -0.4 is 15.5 Å². The Balaban J connectivity index is 1.25. The maximum atomic E-state index is 12.5. The molecule has 4 aromatic rings. The molecular weight excluding hydrogens is 510 g/mol. The fourth-order valence-corrected chi connectivity index (χ4v) is 3.54. The van der Waals surface area contributed by atoms with E-state index in [4.69, 9.17) is 4.74 Å². The molecule has 0 spiro atoms. The van der Waals surface area contributed by atoms with Crippen molar-refractivity contribution in [1.82, 2.24) is 10.7 Å². The lowest BCUT2D eigenvalue weighted by Gasteiger charge is -2.07. The zero-order chi connectivity index (χ0) is 24.6. The molecule has 0 aromatic heterocycles. The topological polar surface area (TPSA) is 96.9 Å². The summed E-state index contributed by atoms with van der Waals surface area (Å²) >= 11 is 3.32. The predicted octanol–water partition coefficient (Wildman–Crippen LogP) is 4.70. The largest absolute Gasteiger partial charge is 0.423 e. The van der Waals surface area contributed by atoms with Crippen LogP contribution in [0.2, 0.25) is 0 Å². The first-order chi connectivity index (χ1) is 17.0. The highest BCUT2D eigenvalue weighted by Gasteiger charge is 2.11. The number of rotatable bonds is 7. The molecule has 0 aliphatic rings. The number of hydrogen-bond acceptors (Lipinski definition) is 5. The molecule has 0 radical (unpaired) electrons. The Kier molecular flexibility index (Phi) is 7.64. The van der Waals surface area contributed by atoms with E-state index in [1.165, 1.54) is 6.21 Å². The summed E-state index contributed by atoms with van der Waals surface area (Å²) in [6.07, 6.45) is 1.45. The predicted molar refractivity (Wildman–Crippen MR) is 138 cm³/mol. The van der Waals surface area contributed by atoms with Crippen LogP contribution in [0.3, 0.4) is 0 Å². The molecule has 2 N–H and O–H groups in total. The number of hydrogen-bond donors (Lipinski definition) is 2. The molecule has 0 heterocycles. The maximum Gasteiger partial charge on any atom is 0.343 e. The van der Waals surface area contributed by atoms with Gasteiger partial charge in [-0.15, -0.1) is 0 Å². The third-order valence-corrected chi connectivity index (χ3v) is 5.55. The molecule has 0 aliphatic heterocycles. The summed E-state index contributed by atoms with van der Waals surface area (Å²) in [7, 11) is 0. The number of hydrazone groups is 1. The molecule has 2 amide bonds. The van der Waals surface area contributed by atoms with Crippen LogP contribution >= 0.6 is 15.9 Å². The number of carbonyl (C=O) groups excluding carboxylic acids is 3. The third-order valence-electron chi connectivity index (χ3n) is 5.02. The second-order valence-corrected chi connectivity index (χ2v) is 8.38. The molecular formula is C27H20BrN3O4. The summed E-state index contributed by atoms with van der Waals surface area (Å²) in [5.74, 6) is -0.879. The minimum atomic E-state index is -0.463. The van der Waals surface area contributed by atoms with Crippen LogP contribution in [0, 0.1) is 0 Å². The Morgan fingerprint density at radius 2 is 1.57 bits per heavy atom. The molecule has 0 unspecified atom stereocenters. The van der Waals surface area contributed by atoms with Crippen LogP contribution in [-0.2, 0) is 4.79 Å². The summed E-state index contributed by atoms with van der Waals surface area (Å²) in [5.41, 5.74) is 4.00. The molecule has 174 valence electrons. The van der Waals surface area contributed by atoms with Gasteiger partial charge in [-0.1, -0.05) is 52.3 Å². The zero-order valence-corrected chi connectivity index (χ0v) is 20.0. The van der Waals surface area contributed by atoms with E-state index in [0.29, 0.717) is 22.4 Å². The van der Waals surface area contributed by atoms with Gasteiger partial charge >= 0.3 is 5.97 Å². The van der Waals surface area contributed by atoms with Crippen molar-refractivity contribution in [2.45, 2.75) is 0 Å². The first kappa shape index (κ1) is 23.8. The fraction of sp³-hybridized carbons (Fsp3) is 0.0370. The highest BCUT2D eigenvalue weighted by atomic mass is 79.9. The highest BCUT2D eigenvalue weighted by Crippen LogP contribution is 2.18. The van der Waals surface area contributed by atoms with Crippen LogP contribution in [0.5, 0.6) is 5.75 Å². The quantitative estimate of drug-likeness (QED) is 0.157. The molecule has 0 atom stereocenters. The summed E-state index contributed by atoms with van der Waals surface area (Å²) in [6, 6.07) is 26.5. The Bertz CT molecular complexity index is 1400. The average molecular weight is 530 g/mol. The smallest absolute Gasteiger partial charge is 0.343 e. The number of nitrogens with zero attached hydrogens (tertiary/aromatic N) is 1. The summed E-state index contributed by atoms with van der Waals surface area (Å²) in [6.45, 7) is -0.218. The monoisotopic (exact) mass is 529 g/mol. The molecule has 0 fully saturated rings. The lowest BCUT2D eigenvalue weighted by Crippen LogP contribution is -2.35. The minimum absolute atomic E-state index is 0.218. The Morgan fingerprint density at radius 1 is 0.857 bits per heavy atom. The molecule has 7 nitrogen and oxygen atoms in total. The number of benzene rings is 4. The van der Waals surface area contributed by atoms with Crippen LogP contribution in [0.4, 0.5) is 0 Å². The Morgan fingerprint density at radius 3 is 2.34 bits per heavy atom. The van der Waals surface area contributed by atoms with Gasteiger partial charge in [0.15, 0.2) is 0 Å². The molecule has 35 heavy (non-hydrogen) atoms. The first-order valence-corrected chi connectivity index (χ1v) is 11.4. The second-order valence-electron chi connectivity index (χ2n) is 7.47. The number of ether oxygens (including phenoxy) is 1. The van der Waals surface area contributed by atoms with Crippen LogP contribution in [0.25, 0.3) is 10.8 Å². The van der Waals surface area contributed by atoms with Gasteiger partial charge in [0, 0.05) is 10.0 Å². The Labute approximate surface area is 209 Å². The van der Waals surface area contributed by atoms with Crippen LogP contribution in [0.15, 0.2) is 101 Å². The standard InChI is InChI=1S/C27H20BrN3O4/c28-21-12-10-20(11-13-21)27(34)35-22-14-8-18(9-15-22)16-30-31-25(32)17-29-26(33)24-7-3-5-19-4-1-2-6-23(19)24/h1-16H,17H2,(H,29,33)(H,31,32). The number of amides is 2. The molecule has 0 saturated carbocycles. The summed E-state index contributed by atoms with van der Waals surface area (Å²) < 4.78 is 6.22. The fourth-order valence-electron chi connectivity index (χ4n) is 3.27. The molecule has 0 aliphatic carbocycles. The SMILES string of the molecule is O=C(CNC(=O)c1cccc2ccccc12)NN=Cc1ccc(OC(=O)c2ccc(Br)cc2)cc1. The number of carbonyl (C=O) groups is 3. The van der Waals surface area contributed by atoms with E-state index in [0.717, 1.165) is 15.2 Å². The van der Waals surface area contributed by atoms with Crippen molar-refractivity contribution in [3.05, 3.63) is 112 Å². The van der Waals surface area contributed by atoms with Crippen molar-refractivity contribution in [3.63, 3.8) is 0 Å². The van der Waals surface area contributed by atoms with E-state index in [-0.39, 0.29) is 12.5 Å². The molecule has 0 bridgehead atoms. The van der Waals surface area contributed by atoms with Gasteiger partial charge in [-0.3, -0.25) is 9.59 Å². The first-order valence-electron chi connectivity index (χ1n) is 10.7. The van der Waals surface area contributed by atoms with E-state index in [9.17, 15) is 14.4 Å². The van der Waals surface area contributed by atoms with Crippen LogP contribution in [0.1, 0.15) is 26.3 Å². The van der Waals surface area contributed by atoms with Crippen molar-refractivity contribution >= 4 is 50.7 Å². The van der Waals surface area contributed by atoms with Crippen molar-refractivity contribution in [2.75, 3.05) is 6.54 Å². The zero-order valence-electron chi connectivity index (χ0n) is 18.4. The van der Waals surface area contributed by atoms with Gasteiger partial charge in [0.05, 0.1) is 18.3 Å². The van der Waals surface area contributed by atoms with Gasteiger partial charge in [0.2, 0.25) is 0 Å². The van der Waals surface area contributed by atoms with E-state index in [1.807, 2.05) is 30.3 Å². The number of esters is 1. The van der Waals surface area contributed by atoms with E-state index in [1.54, 1.807) is 60.7 Å². The number of fused-ring (bicyclic) bond motifs is 1. The van der Waals surface area contributed by atoms with E-state index >= 15 is 0 Å². The number of halogens is 1. The van der Waals surface area contributed by atoms with Gasteiger partial charge < -0.3 is 10.1 Å². The van der Waals surface area contributed by atoms with E-state index in [2.05, 4.69) is 31.8 Å². The average Bonchev–Trinajstić information content (AvgIpc) is 2.88. The molecule has 4 aromatic carbocycles. The normalized spacial score (nSPS) is 10.8. The third kappa shape index (κ3) is 6.39. The van der Waals surface area contributed by atoms with Gasteiger partial charge in [0.25, 0.3) is 11.8 Å². The Hall–Kier alpha value is -4.30. The van der Waals surface area contributed by atoms with Crippen molar-refractivity contribution in [1.29, 1.82) is 0 Å². The van der Waals surface area contributed by atoms with E-state index < -0.39 is 11.9 Å². The lowest BCUT2D eigenvalue weighted by molar-refractivity contribution is -0.120. The summed E-state index contributed by atoms with van der Waals surface area (Å²) in [5, 5.41) is 8.27. The maximum absolute atomic E-state index is 12.5. The van der Waals surface area contributed by atoms with Crippen LogP contribution in [-0.4, -0.2) is 30.5 Å². The molecule has 8 heteroatoms. The van der Waals surface area contributed by atoms with Crippen molar-refractivity contribution < 1.29 is 19.1 Å². The second kappa shape index (κ2) is 11.2. The van der Waals surface area contributed by atoms with Crippen molar-refractivity contribution in [2.24, 2.45) is 5.10 Å².